The van der Waals surface area contributed by atoms with Crippen LogP contribution >= 0.6 is 0 Å². The molecule has 6 heterocycles. The summed E-state index contributed by atoms with van der Waals surface area (Å²) in [5, 5.41) is 27.2. The summed E-state index contributed by atoms with van der Waals surface area (Å²) in [4.78, 5) is 63.1. The molecule has 14 heteroatoms. The highest BCUT2D eigenvalue weighted by Gasteiger charge is 2.06. The molecule has 0 bridgehead atoms. The normalized spacial score (nSPS) is 10.1. The first-order chi connectivity index (χ1) is 42.1. The van der Waals surface area contributed by atoms with Gasteiger partial charge >= 0.3 is 0 Å². The van der Waals surface area contributed by atoms with Crippen LogP contribution in [0, 0.1) is 20.8 Å². The third-order valence-electron chi connectivity index (χ3n) is 12.9. The molecule has 14 nitrogen and oxygen atoms in total. The van der Waals surface area contributed by atoms with E-state index in [-0.39, 0.29) is 27.8 Å². The van der Waals surface area contributed by atoms with Crippen LogP contribution in [0.25, 0.3) is 22.3 Å². The van der Waals surface area contributed by atoms with Crippen LogP contribution in [-0.4, -0.2) is 30.1 Å². The summed E-state index contributed by atoms with van der Waals surface area (Å²) in [6.07, 6.45) is 11.3. The summed E-state index contributed by atoms with van der Waals surface area (Å²) in [7, 11) is 0. The highest BCUT2D eigenvalue weighted by molar-refractivity contribution is 5.62. The molecule has 12 rings (SSSR count). The fourth-order valence-electron chi connectivity index (χ4n) is 8.12. The first-order valence-corrected chi connectivity index (χ1v) is 27.6. The minimum absolute atomic E-state index is 0.0344. The molecule has 0 saturated heterocycles. The lowest BCUT2D eigenvalue weighted by Crippen LogP contribution is -2.14. The van der Waals surface area contributed by atoms with Crippen LogP contribution in [0.15, 0.2) is 305 Å². The Morgan fingerprint density at radius 3 is 1.17 bits per heavy atom. The summed E-state index contributed by atoms with van der Waals surface area (Å²) >= 11 is 0. The van der Waals surface area contributed by atoms with E-state index in [1.54, 1.807) is 32.0 Å². The van der Waals surface area contributed by atoms with Crippen molar-refractivity contribution in [2.45, 2.75) is 46.5 Å². The van der Waals surface area contributed by atoms with Gasteiger partial charge in [-0.25, -0.2) is 0 Å². The van der Waals surface area contributed by atoms with Crippen LogP contribution in [-0.2, 0) is 25.7 Å². The van der Waals surface area contributed by atoms with Crippen molar-refractivity contribution in [1.29, 1.82) is 0 Å². The Balaban J connectivity index is 0.000000149. The quantitative estimate of drug-likeness (QED) is 0.0940. The lowest BCUT2D eigenvalue weighted by atomic mass is 10.1. The number of rotatable bonds is 10. The number of aromatic hydroxyl groups is 2. The molecule has 6 aromatic carbocycles. The largest absolute Gasteiger partial charge is 0.503 e. The second-order valence-electron chi connectivity index (χ2n) is 19.8. The molecule has 438 valence electrons. The molecule has 0 saturated carbocycles. The number of hydrogen-bond acceptors (Lipinski definition) is 12. The number of nitrogens with zero attached hydrogens (tertiary/aromatic N) is 2. The van der Waals surface area contributed by atoms with Gasteiger partial charge < -0.3 is 33.7 Å². The molecular weight excluding hydrogens is 1090 g/mol. The van der Waals surface area contributed by atoms with Crippen LogP contribution in [0.4, 0.5) is 0 Å². The van der Waals surface area contributed by atoms with Gasteiger partial charge in [0, 0.05) is 102 Å². The van der Waals surface area contributed by atoms with Crippen molar-refractivity contribution in [3.8, 4) is 33.8 Å². The maximum absolute atomic E-state index is 11.4. The zero-order chi connectivity index (χ0) is 61.8. The fraction of sp³-hybridized carbons (Fsp3) is 0.0959. The van der Waals surface area contributed by atoms with E-state index in [2.05, 4.69) is 28.2 Å². The number of nitrogens with one attached hydrogen (secondary N) is 1. The van der Waals surface area contributed by atoms with Crippen molar-refractivity contribution in [3.05, 3.63) is 381 Å². The van der Waals surface area contributed by atoms with E-state index < -0.39 is 11.0 Å². The molecule has 0 unspecified atom stereocenters. The molecule has 0 aliphatic carbocycles. The van der Waals surface area contributed by atoms with Crippen molar-refractivity contribution < 1.29 is 28.7 Å². The number of pyridine rings is 3. The summed E-state index contributed by atoms with van der Waals surface area (Å²) in [6.45, 7) is 5.49. The molecule has 87 heavy (non-hydrogen) atoms. The van der Waals surface area contributed by atoms with Crippen molar-refractivity contribution in [2.75, 3.05) is 0 Å². The smallest absolute Gasteiger partial charge is 0.282 e. The predicted molar refractivity (Wildman–Crippen MR) is 340 cm³/mol. The van der Waals surface area contributed by atoms with Crippen molar-refractivity contribution in [2.24, 2.45) is 0 Å². The van der Waals surface area contributed by atoms with Crippen LogP contribution in [0.2, 0.25) is 0 Å². The minimum atomic E-state index is -0.426. The Labute approximate surface area is 502 Å². The number of H-pyrrole nitrogens is 1. The van der Waals surface area contributed by atoms with Gasteiger partial charge in [-0.15, -0.1) is 0 Å². The third kappa shape index (κ3) is 21.4. The Morgan fingerprint density at radius 1 is 0.402 bits per heavy atom. The third-order valence-corrected chi connectivity index (χ3v) is 12.9. The highest BCUT2D eigenvalue weighted by atomic mass is 16.5. The summed E-state index contributed by atoms with van der Waals surface area (Å²) in [5.41, 5.74) is 10.7. The summed E-state index contributed by atoms with van der Waals surface area (Å²) in [5.74, 6) is 1.36. The second-order valence-corrected chi connectivity index (χ2v) is 19.8. The molecule has 6 aromatic heterocycles. The predicted octanol–water partition coefficient (Wildman–Crippen LogP) is 13.5. The Bertz CT molecular complexity index is 3940. The molecule has 4 N–H and O–H groups in total. The molecule has 0 spiro atoms. The Kier molecular flexibility index (Phi) is 24.0. The van der Waals surface area contributed by atoms with Gasteiger partial charge in [-0.05, 0) is 66.3 Å². The molecule has 12 aromatic rings. The molecule has 0 atom stereocenters. The zero-order valence-corrected chi connectivity index (χ0v) is 48.2. The van der Waals surface area contributed by atoms with E-state index in [0.717, 1.165) is 51.0 Å². The van der Waals surface area contributed by atoms with Crippen LogP contribution in [0.1, 0.15) is 62.0 Å². The average Bonchev–Trinajstić information content (AvgIpc) is 3.56. The standard InChI is InChI=1S/2C13H12O2.C12H11NO2.C12H11N.C12H10O3.C11H9NO2/c2*1-10-9-15-12(8-13(10)14)7-11-5-3-2-4-6-11;14-11-7-10(13-8-12(11)15)6-9-4-2-1-3-5-9;1-10-7-8-12(9-13-10)11-5-3-2-4-6-11;13-11-7-10(15-8-12(11)14)6-9-4-2-1-3-5-9;13-11-7-6-10(8-12(11)14)9-4-2-1-3-5-9/h2*2-6,8-9H,7H2,1H3;1-5,7-8,15H,6H2,(H,13,14);2-9H,1H3;1-5,7-8,14H,6H2;1-8,14H. The Morgan fingerprint density at radius 2 is 0.782 bits per heavy atom. The number of aromatic amines is 1. The van der Waals surface area contributed by atoms with E-state index in [4.69, 9.17) is 28.7 Å². The maximum Gasteiger partial charge on any atom is 0.282 e. The van der Waals surface area contributed by atoms with Crippen LogP contribution in [0.5, 0.6) is 11.5 Å². The summed E-state index contributed by atoms with van der Waals surface area (Å²) in [6, 6.07) is 72.2. The van der Waals surface area contributed by atoms with Crippen molar-refractivity contribution >= 4 is 0 Å². The van der Waals surface area contributed by atoms with E-state index in [1.807, 2.05) is 189 Å². The average molecular weight is 1160 g/mol. The van der Waals surface area contributed by atoms with Gasteiger partial charge in [0.25, 0.3) is 5.56 Å². The first kappa shape index (κ1) is 63.2. The molecular formula is C73H65N3O11. The molecule has 0 aliphatic rings. The second kappa shape index (κ2) is 33.1. The van der Waals surface area contributed by atoms with E-state index in [0.29, 0.717) is 58.8 Å². The maximum atomic E-state index is 11.4. The van der Waals surface area contributed by atoms with Gasteiger partial charge in [0.1, 0.15) is 23.5 Å². The van der Waals surface area contributed by atoms with Crippen molar-refractivity contribution in [1.82, 2.24) is 14.7 Å². The molecule has 0 fully saturated rings. The first-order valence-electron chi connectivity index (χ1n) is 27.6. The Hall–Kier alpha value is -11.4. The monoisotopic (exact) mass is 1160 g/mol. The van der Waals surface area contributed by atoms with Gasteiger partial charge in [0.2, 0.25) is 10.9 Å². The van der Waals surface area contributed by atoms with Gasteiger partial charge in [-0.3, -0.25) is 29.0 Å². The van der Waals surface area contributed by atoms with Crippen molar-refractivity contribution in [3.63, 3.8) is 0 Å². The molecule has 0 amide bonds. The van der Waals surface area contributed by atoms with E-state index >= 15 is 0 Å². The van der Waals surface area contributed by atoms with Crippen LogP contribution < -0.4 is 27.3 Å². The van der Waals surface area contributed by atoms with Crippen LogP contribution in [0.3, 0.4) is 0 Å². The van der Waals surface area contributed by atoms with Gasteiger partial charge in [-0.2, -0.15) is 4.73 Å². The SMILES string of the molecule is Cc1ccc(-c2ccccc2)cn1.Cc1coc(Cc2ccccc2)cc1=O.Cc1coc(Cc2ccccc2)cc1=O.O=c1cc(Cc2ccccc2)[nH]cc1O.O=c1cc(Cc2ccccc2)occ1O.O=c1ccc(-c2ccccc2)cn1O. The molecule has 0 radical (unpaired) electrons. The number of hydrogen-bond donors (Lipinski definition) is 4. The number of aromatic nitrogens is 3. The van der Waals surface area contributed by atoms with E-state index in [9.17, 15) is 24.0 Å². The van der Waals surface area contributed by atoms with Gasteiger partial charge in [0.15, 0.2) is 22.4 Å². The highest BCUT2D eigenvalue weighted by Crippen LogP contribution is 2.19. The summed E-state index contributed by atoms with van der Waals surface area (Å²) < 4.78 is 16.4. The lowest BCUT2D eigenvalue weighted by Gasteiger charge is -2.01. The van der Waals surface area contributed by atoms with E-state index in [1.165, 1.54) is 54.2 Å². The topological polar surface area (TPSA) is 219 Å². The minimum Gasteiger partial charge on any atom is -0.503 e. The fourth-order valence-corrected chi connectivity index (χ4v) is 8.12. The number of benzene rings is 6. The van der Waals surface area contributed by atoms with Gasteiger partial charge in [0.05, 0.1) is 18.7 Å². The zero-order valence-electron chi connectivity index (χ0n) is 48.2. The molecule has 0 aliphatic heterocycles. The van der Waals surface area contributed by atoms with Gasteiger partial charge in [-0.1, -0.05) is 188 Å². The lowest BCUT2D eigenvalue weighted by molar-refractivity contribution is 0.175. The number of aryl methyl sites for hydroxylation is 3.